The lowest BCUT2D eigenvalue weighted by Crippen LogP contribution is -2.29. The van der Waals surface area contributed by atoms with Crippen LogP contribution in [0.15, 0.2) is 48.6 Å². The van der Waals surface area contributed by atoms with E-state index in [9.17, 15) is 19.4 Å². The number of phosphoric ester groups is 1. The minimum atomic E-state index is -4.53. The summed E-state index contributed by atoms with van der Waals surface area (Å²) in [5.41, 5.74) is 0. The fraction of sp³-hybridized carbons (Fsp3) is 0.833. The van der Waals surface area contributed by atoms with E-state index >= 15 is 0 Å². The summed E-state index contributed by atoms with van der Waals surface area (Å²) < 4.78 is 33.6. The smallest absolute Gasteiger partial charge is 0.457 e. The molecule has 0 aliphatic carbocycles. The number of aliphatic hydroxyl groups excluding tert-OH is 2. The van der Waals surface area contributed by atoms with Gasteiger partial charge in [0.05, 0.1) is 26.4 Å². The Bertz CT molecular complexity index is 1140. The first-order valence-electron chi connectivity index (χ1n) is 26.6. The minimum Gasteiger partial charge on any atom is -0.457 e. The molecule has 0 bridgehead atoms. The minimum absolute atomic E-state index is 0.0469. The molecule has 0 aromatic carbocycles. The van der Waals surface area contributed by atoms with Crippen LogP contribution in [0, 0.1) is 0 Å². The third-order valence-electron chi connectivity index (χ3n) is 11.5. The van der Waals surface area contributed by atoms with Gasteiger partial charge < -0.3 is 24.6 Å². The van der Waals surface area contributed by atoms with E-state index in [2.05, 4.69) is 62.5 Å². The van der Waals surface area contributed by atoms with Crippen LogP contribution in [0.4, 0.5) is 0 Å². The molecule has 0 fully saturated rings. The second-order valence-corrected chi connectivity index (χ2v) is 19.3. The third-order valence-corrected chi connectivity index (χ3v) is 12.5. The Labute approximate surface area is 394 Å². The molecule has 0 radical (unpaired) electrons. The Morgan fingerprint density at radius 3 is 1.34 bits per heavy atom. The van der Waals surface area contributed by atoms with Gasteiger partial charge in [0.25, 0.3) is 0 Å². The number of carbonyl (C=O) groups excluding carboxylic acids is 1. The van der Waals surface area contributed by atoms with Crippen LogP contribution in [-0.2, 0) is 27.9 Å². The molecule has 0 saturated carbocycles. The van der Waals surface area contributed by atoms with Crippen LogP contribution in [0.2, 0.25) is 0 Å². The van der Waals surface area contributed by atoms with Gasteiger partial charge in [-0.15, -0.1) is 0 Å². The standard InChI is InChI=1S/C54H101O9P/c1-3-5-7-9-11-13-15-17-19-21-23-25-27-29-31-33-35-37-39-41-43-45-47-60-50-53(51-62-64(58,59)61-49-52(56)48-55)63-54(57)46-44-42-40-38-36-34-32-30-28-26-24-22-20-18-16-14-12-10-8-6-4-2/h5,7,11,13,17,19,23,25,52-53,55-56H,3-4,6,8-10,12,14-16,18,20-22,24,26-51H2,1-2H3,(H,58,59)/b7-5-,13-11-,19-17-,25-23-. The van der Waals surface area contributed by atoms with Gasteiger partial charge in [0, 0.05) is 13.0 Å². The predicted octanol–water partition coefficient (Wildman–Crippen LogP) is 15.7. The maximum absolute atomic E-state index is 12.7. The highest BCUT2D eigenvalue weighted by molar-refractivity contribution is 7.47. The van der Waals surface area contributed by atoms with E-state index in [-0.39, 0.29) is 25.6 Å². The van der Waals surface area contributed by atoms with Crippen LogP contribution in [0.5, 0.6) is 0 Å². The van der Waals surface area contributed by atoms with E-state index in [1.807, 2.05) is 0 Å². The number of rotatable bonds is 51. The van der Waals surface area contributed by atoms with Crippen molar-refractivity contribution in [2.75, 3.05) is 33.0 Å². The average Bonchev–Trinajstić information content (AvgIpc) is 3.29. The van der Waals surface area contributed by atoms with Gasteiger partial charge in [-0.25, -0.2) is 4.57 Å². The van der Waals surface area contributed by atoms with Crippen molar-refractivity contribution in [2.24, 2.45) is 0 Å². The molecular formula is C54H101O9P. The number of aliphatic hydroxyl groups is 2. The van der Waals surface area contributed by atoms with Crippen molar-refractivity contribution in [1.29, 1.82) is 0 Å². The molecule has 0 aliphatic heterocycles. The highest BCUT2D eigenvalue weighted by atomic mass is 31.2. The topological polar surface area (TPSA) is 132 Å². The van der Waals surface area contributed by atoms with E-state index in [0.29, 0.717) is 6.61 Å². The Kier molecular flexibility index (Phi) is 49.6. The molecule has 10 heteroatoms. The van der Waals surface area contributed by atoms with E-state index in [0.717, 1.165) is 70.6 Å². The molecule has 0 spiro atoms. The summed E-state index contributed by atoms with van der Waals surface area (Å²) in [5, 5.41) is 18.4. The summed E-state index contributed by atoms with van der Waals surface area (Å²) in [6.45, 7) is 3.44. The lowest BCUT2D eigenvalue weighted by Gasteiger charge is -2.20. The van der Waals surface area contributed by atoms with E-state index in [1.54, 1.807) is 0 Å². The largest absolute Gasteiger partial charge is 0.472 e. The quantitative estimate of drug-likeness (QED) is 0.0236. The number of unbranched alkanes of at least 4 members (excludes halogenated alkanes) is 29. The molecule has 0 aliphatic rings. The summed E-state index contributed by atoms with van der Waals surface area (Å²) in [7, 11) is -4.53. The first kappa shape index (κ1) is 62.4. The maximum Gasteiger partial charge on any atom is 0.472 e. The number of hydrogen-bond acceptors (Lipinski definition) is 8. The molecule has 9 nitrogen and oxygen atoms in total. The van der Waals surface area contributed by atoms with Crippen molar-refractivity contribution in [3.63, 3.8) is 0 Å². The van der Waals surface area contributed by atoms with Crippen molar-refractivity contribution < 1.29 is 43.0 Å². The summed E-state index contributed by atoms with van der Waals surface area (Å²) in [6.07, 6.45) is 59.4. The van der Waals surface area contributed by atoms with Gasteiger partial charge >= 0.3 is 13.8 Å². The number of esters is 1. The van der Waals surface area contributed by atoms with Crippen LogP contribution in [0.3, 0.4) is 0 Å². The lowest BCUT2D eigenvalue weighted by molar-refractivity contribution is -0.154. The normalized spacial score (nSPS) is 14.1. The van der Waals surface area contributed by atoms with Crippen molar-refractivity contribution in [2.45, 2.75) is 257 Å². The van der Waals surface area contributed by atoms with Crippen LogP contribution in [0.1, 0.15) is 245 Å². The maximum atomic E-state index is 12.7. The molecule has 376 valence electrons. The molecule has 0 heterocycles. The highest BCUT2D eigenvalue weighted by Crippen LogP contribution is 2.43. The van der Waals surface area contributed by atoms with E-state index < -0.39 is 33.2 Å². The fourth-order valence-electron chi connectivity index (χ4n) is 7.53. The lowest BCUT2D eigenvalue weighted by atomic mass is 10.0. The summed E-state index contributed by atoms with van der Waals surface area (Å²) in [5.74, 6) is -0.380. The summed E-state index contributed by atoms with van der Waals surface area (Å²) in [6, 6.07) is 0. The molecule has 0 amide bonds. The number of ether oxygens (including phenoxy) is 2. The van der Waals surface area contributed by atoms with Gasteiger partial charge in [-0.05, 0) is 51.4 Å². The number of carbonyl (C=O) groups is 1. The van der Waals surface area contributed by atoms with Crippen molar-refractivity contribution in [1.82, 2.24) is 0 Å². The number of allylic oxidation sites excluding steroid dienone is 8. The Balaban J connectivity index is 4.05. The van der Waals surface area contributed by atoms with E-state index in [4.69, 9.17) is 23.6 Å². The average molecular weight is 925 g/mol. The SMILES string of the molecule is CC/C=C\C/C=C\C/C=C\C/C=C\CCCCCCCCCCCOCC(COP(=O)(O)OCC(O)CO)OC(=O)CCCCCCCCCCCCCCCCCCCCCCC. The van der Waals surface area contributed by atoms with Crippen molar-refractivity contribution >= 4 is 13.8 Å². The highest BCUT2D eigenvalue weighted by Gasteiger charge is 2.26. The summed E-state index contributed by atoms with van der Waals surface area (Å²) in [4.78, 5) is 22.7. The molecular weight excluding hydrogens is 824 g/mol. The van der Waals surface area contributed by atoms with Gasteiger partial charge in [-0.1, -0.05) is 236 Å². The molecule has 3 N–H and O–H groups in total. The Morgan fingerprint density at radius 1 is 0.500 bits per heavy atom. The zero-order valence-corrected chi connectivity index (χ0v) is 42.4. The van der Waals surface area contributed by atoms with E-state index in [1.165, 1.54) is 154 Å². The molecule has 64 heavy (non-hydrogen) atoms. The zero-order chi connectivity index (χ0) is 46.7. The first-order valence-corrected chi connectivity index (χ1v) is 28.1. The molecule has 0 aromatic rings. The summed E-state index contributed by atoms with van der Waals surface area (Å²) >= 11 is 0. The van der Waals surface area contributed by atoms with Crippen LogP contribution in [0.25, 0.3) is 0 Å². The fourth-order valence-corrected chi connectivity index (χ4v) is 8.32. The second-order valence-electron chi connectivity index (χ2n) is 17.9. The van der Waals surface area contributed by atoms with Gasteiger partial charge in [0.15, 0.2) is 0 Å². The van der Waals surface area contributed by atoms with Crippen LogP contribution >= 0.6 is 7.82 Å². The van der Waals surface area contributed by atoms with Crippen molar-refractivity contribution in [3.8, 4) is 0 Å². The molecule has 3 atom stereocenters. The first-order chi connectivity index (χ1) is 31.3. The molecule has 0 aromatic heterocycles. The van der Waals surface area contributed by atoms with Gasteiger partial charge in [0.1, 0.15) is 12.2 Å². The number of phosphoric acid groups is 1. The molecule has 0 saturated heterocycles. The van der Waals surface area contributed by atoms with Crippen LogP contribution in [-0.4, -0.2) is 66.3 Å². The molecule has 0 rings (SSSR count). The van der Waals surface area contributed by atoms with Gasteiger partial charge in [-0.3, -0.25) is 13.8 Å². The number of hydrogen-bond donors (Lipinski definition) is 3. The van der Waals surface area contributed by atoms with Crippen molar-refractivity contribution in [3.05, 3.63) is 48.6 Å². The second kappa shape index (κ2) is 50.8. The zero-order valence-electron chi connectivity index (χ0n) is 41.5. The van der Waals surface area contributed by atoms with Gasteiger partial charge in [0.2, 0.25) is 0 Å². The van der Waals surface area contributed by atoms with Gasteiger partial charge in [-0.2, -0.15) is 0 Å². The predicted molar refractivity (Wildman–Crippen MR) is 270 cm³/mol. The third kappa shape index (κ3) is 49.8. The monoisotopic (exact) mass is 925 g/mol. The Morgan fingerprint density at radius 2 is 0.891 bits per heavy atom. The van der Waals surface area contributed by atoms with Crippen LogP contribution < -0.4 is 0 Å². The molecule has 3 unspecified atom stereocenters. The Hall–Kier alpha value is -1.58.